The maximum absolute atomic E-state index is 11.5. The first-order chi connectivity index (χ1) is 8.93. The highest BCUT2D eigenvalue weighted by Crippen LogP contribution is 2.39. The molecule has 0 unspecified atom stereocenters. The normalized spacial score (nSPS) is 22.2. The number of aliphatic hydroxyl groups is 1. The van der Waals surface area contributed by atoms with Crippen molar-refractivity contribution in [1.29, 1.82) is 0 Å². The Morgan fingerprint density at radius 1 is 1.47 bits per heavy atom. The molecule has 0 fully saturated rings. The number of aliphatic hydroxyl groups excluding tert-OH is 1. The summed E-state index contributed by atoms with van der Waals surface area (Å²) in [5.41, 5.74) is 1.77. The summed E-state index contributed by atoms with van der Waals surface area (Å²) in [6.07, 6.45) is -0.481. The molecule has 0 saturated heterocycles. The quantitative estimate of drug-likeness (QED) is 0.877. The number of fused-ring (bicyclic) bond motifs is 1. The lowest BCUT2D eigenvalue weighted by molar-refractivity contribution is 0.0237. The van der Waals surface area contributed by atoms with Crippen LogP contribution in [-0.2, 0) is 6.42 Å². The van der Waals surface area contributed by atoms with Crippen LogP contribution in [0.5, 0.6) is 0 Å². The van der Waals surface area contributed by atoms with Gasteiger partial charge in [-0.2, -0.15) is 0 Å². The van der Waals surface area contributed by atoms with Crippen molar-refractivity contribution in [3.8, 4) is 0 Å². The van der Waals surface area contributed by atoms with Crippen LogP contribution in [0.15, 0.2) is 18.2 Å². The Balaban J connectivity index is 2.53. The topological polar surface area (TPSA) is 60.8 Å². The van der Waals surface area contributed by atoms with Gasteiger partial charge in [0.15, 0.2) is 0 Å². The molecule has 2 N–H and O–H groups in total. The summed E-state index contributed by atoms with van der Waals surface area (Å²) in [7, 11) is 0. The number of carbonyl (C=O) groups is 1. The van der Waals surface area contributed by atoms with Crippen LogP contribution in [0.4, 0.5) is 4.79 Å². The summed E-state index contributed by atoms with van der Waals surface area (Å²) < 4.78 is 0. The zero-order valence-electron chi connectivity index (χ0n) is 11.0. The summed E-state index contributed by atoms with van der Waals surface area (Å²) in [5.74, 6) is 0. The summed E-state index contributed by atoms with van der Waals surface area (Å²) in [4.78, 5) is 12.8. The summed E-state index contributed by atoms with van der Waals surface area (Å²) in [6.45, 7) is 3.60. The number of nitrogens with zero attached hydrogens (tertiary/aromatic N) is 1. The largest absolute Gasteiger partial charge is 0.465 e. The van der Waals surface area contributed by atoms with E-state index in [-0.39, 0.29) is 6.04 Å². The molecule has 1 aromatic rings. The predicted octanol–water partition coefficient (Wildman–Crippen LogP) is 3.08. The third-order valence-corrected chi connectivity index (χ3v) is 3.92. The Labute approximate surface area is 117 Å². The number of amides is 1. The van der Waals surface area contributed by atoms with Crippen LogP contribution in [0.25, 0.3) is 0 Å². The number of halogens is 1. The zero-order valence-corrected chi connectivity index (χ0v) is 11.8. The van der Waals surface area contributed by atoms with Crippen molar-refractivity contribution in [3.63, 3.8) is 0 Å². The van der Waals surface area contributed by atoms with Gasteiger partial charge in [-0.15, -0.1) is 0 Å². The molecule has 0 bridgehead atoms. The summed E-state index contributed by atoms with van der Waals surface area (Å²) >= 11 is 6.22. The Morgan fingerprint density at radius 2 is 2.16 bits per heavy atom. The molecule has 1 aliphatic carbocycles. The Bertz CT molecular complexity index is 490. The van der Waals surface area contributed by atoms with E-state index in [1.165, 1.54) is 4.90 Å². The van der Waals surface area contributed by atoms with Gasteiger partial charge in [-0.25, -0.2) is 4.79 Å². The van der Waals surface area contributed by atoms with Crippen LogP contribution in [0.1, 0.15) is 37.4 Å². The molecule has 2 rings (SSSR count). The van der Waals surface area contributed by atoms with Gasteiger partial charge in [0.1, 0.15) is 0 Å². The SMILES string of the molecule is CC(C)N(C(=O)O)[C@H]1c2c(Cl)cccc2CC[C@H]1O. The first kappa shape index (κ1) is 14.2. The average Bonchev–Trinajstić information content (AvgIpc) is 2.32. The number of benzene rings is 1. The minimum absolute atomic E-state index is 0.223. The highest BCUT2D eigenvalue weighted by atomic mass is 35.5. The fourth-order valence-electron chi connectivity index (χ4n) is 2.77. The fraction of sp³-hybridized carbons (Fsp3) is 0.500. The first-order valence-corrected chi connectivity index (χ1v) is 6.78. The monoisotopic (exact) mass is 283 g/mol. The van der Waals surface area contributed by atoms with Crippen molar-refractivity contribution in [2.75, 3.05) is 0 Å². The van der Waals surface area contributed by atoms with E-state index in [0.717, 1.165) is 17.5 Å². The highest BCUT2D eigenvalue weighted by molar-refractivity contribution is 6.31. The fourth-order valence-corrected chi connectivity index (χ4v) is 3.08. The van der Waals surface area contributed by atoms with Gasteiger partial charge in [0, 0.05) is 11.1 Å². The molecular weight excluding hydrogens is 266 g/mol. The molecule has 19 heavy (non-hydrogen) atoms. The molecule has 4 nitrogen and oxygen atoms in total. The van der Waals surface area contributed by atoms with Crippen LogP contribution in [0.3, 0.4) is 0 Å². The maximum Gasteiger partial charge on any atom is 0.408 e. The van der Waals surface area contributed by atoms with Gasteiger partial charge >= 0.3 is 6.09 Å². The molecule has 1 aliphatic rings. The summed E-state index contributed by atoms with van der Waals surface area (Å²) in [6, 6.07) is 4.73. The van der Waals surface area contributed by atoms with Gasteiger partial charge < -0.3 is 10.2 Å². The number of hydrogen-bond acceptors (Lipinski definition) is 2. The smallest absolute Gasteiger partial charge is 0.408 e. The van der Waals surface area contributed by atoms with Gasteiger partial charge in [-0.1, -0.05) is 23.7 Å². The van der Waals surface area contributed by atoms with Gasteiger partial charge in [0.05, 0.1) is 12.1 Å². The predicted molar refractivity (Wildman–Crippen MR) is 73.5 cm³/mol. The van der Waals surface area contributed by atoms with Crippen LogP contribution in [0, 0.1) is 0 Å². The van der Waals surface area contributed by atoms with E-state index < -0.39 is 18.2 Å². The van der Waals surface area contributed by atoms with Gasteiger partial charge in [0.25, 0.3) is 0 Å². The highest BCUT2D eigenvalue weighted by Gasteiger charge is 2.38. The van der Waals surface area contributed by atoms with Gasteiger partial charge in [-0.05, 0) is 43.9 Å². The number of aryl methyl sites for hydroxylation is 1. The lowest BCUT2D eigenvalue weighted by Gasteiger charge is -2.40. The van der Waals surface area contributed by atoms with Crippen LogP contribution in [0.2, 0.25) is 5.02 Å². The minimum atomic E-state index is -1.04. The number of carboxylic acid groups (broad SMARTS) is 1. The molecule has 104 valence electrons. The molecule has 2 atom stereocenters. The lowest BCUT2D eigenvalue weighted by Crippen LogP contribution is -2.46. The third kappa shape index (κ3) is 2.55. The molecule has 0 radical (unpaired) electrons. The molecule has 1 amide bonds. The van der Waals surface area contributed by atoms with Crippen molar-refractivity contribution in [2.24, 2.45) is 0 Å². The number of rotatable bonds is 2. The van der Waals surface area contributed by atoms with E-state index in [2.05, 4.69) is 0 Å². The second-order valence-electron chi connectivity index (χ2n) is 5.15. The average molecular weight is 284 g/mol. The van der Waals surface area contributed by atoms with E-state index in [4.69, 9.17) is 11.6 Å². The summed E-state index contributed by atoms with van der Waals surface area (Å²) in [5, 5.41) is 20.2. The molecule has 0 aliphatic heterocycles. The van der Waals surface area contributed by atoms with Crippen molar-refractivity contribution < 1.29 is 15.0 Å². The minimum Gasteiger partial charge on any atom is -0.465 e. The molecule has 0 spiro atoms. The molecule has 5 heteroatoms. The van der Waals surface area contributed by atoms with E-state index in [1.807, 2.05) is 12.1 Å². The van der Waals surface area contributed by atoms with Crippen molar-refractivity contribution in [3.05, 3.63) is 34.3 Å². The van der Waals surface area contributed by atoms with Crippen molar-refractivity contribution >= 4 is 17.7 Å². The Hall–Kier alpha value is -1.26. The molecule has 0 saturated carbocycles. The van der Waals surface area contributed by atoms with Crippen molar-refractivity contribution in [1.82, 2.24) is 4.90 Å². The van der Waals surface area contributed by atoms with Gasteiger partial charge in [0.2, 0.25) is 0 Å². The van der Waals surface area contributed by atoms with Gasteiger partial charge in [-0.3, -0.25) is 4.90 Å². The molecular formula is C14H18ClNO3. The Kier molecular flexibility index (Phi) is 4.02. The van der Waals surface area contributed by atoms with Crippen molar-refractivity contribution in [2.45, 2.75) is 44.9 Å². The molecule has 0 aromatic heterocycles. The van der Waals surface area contributed by atoms with E-state index in [1.54, 1.807) is 19.9 Å². The van der Waals surface area contributed by atoms with Crippen LogP contribution < -0.4 is 0 Å². The molecule has 1 aromatic carbocycles. The second kappa shape index (κ2) is 5.39. The second-order valence-corrected chi connectivity index (χ2v) is 5.55. The number of hydrogen-bond donors (Lipinski definition) is 2. The zero-order chi connectivity index (χ0) is 14.2. The maximum atomic E-state index is 11.5. The first-order valence-electron chi connectivity index (χ1n) is 6.40. The standard InChI is InChI=1S/C14H18ClNO3/c1-8(2)16(14(18)19)13-11(17)7-6-9-4-3-5-10(15)12(9)13/h3-5,8,11,13,17H,6-7H2,1-2H3,(H,18,19)/t11-,13-/m1/s1. The van der Waals surface area contributed by atoms with E-state index in [0.29, 0.717) is 11.4 Å². The van der Waals surface area contributed by atoms with E-state index in [9.17, 15) is 15.0 Å². The van der Waals surface area contributed by atoms with Crippen LogP contribution in [-0.4, -0.2) is 33.4 Å². The van der Waals surface area contributed by atoms with Crippen LogP contribution >= 0.6 is 11.6 Å². The Morgan fingerprint density at radius 3 is 2.74 bits per heavy atom. The molecule has 0 heterocycles. The van der Waals surface area contributed by atoms with E-state index >= 15 is 0 Å². The third-order valence-electron chi connectivity index (χ3n) is 3.59. The lowest BCUT2D eigenvalue weighted by atomic mass is 9.84.